The van der Waals surface area contributed by atoms with E-state index in [0.29, 0.717) is 17.2 Å². The van der Waals surface area contributed by atoms with Gasteiger partial charge in [-0.25, -0.2) is 9.37 Å². The van der Waals surface area contributed by atoms with Crippen molar-refractivity contribution in [2.45, 2.75) is 51.7 Å². The number of rotatable bonds is 2. The SMILES string of the molecule is CC1(C)OB(C(F)=Cc2cccnc2C#CC2CC2)OC1(C)C. The number of hydrogen-bond acceptors (Lipinski definition) is 3. The summed E-state index contributed by atoms with van der Waals surface area (Å²) in [6.07, 6.45) is 5.37. The lowest BCUT2D eigenvalue weighted by Gasteiger charge is -2.32. The Bertz CT molecular complexity index is 682. The lowest BCUT2D eigenvalue weighted by Crippen LogP contribution is -2.41. The van der Waals surface area contributed by atoms with E-state index in [2.05, 4.69) is 16.8 Å². The molecule has 5 heteroatoms. The maximum absolute atomic E-state index is 14.6. The average molecular weight is 313 g/mol. The average Bonchev–Trinajstić information content (AvgIpc) is 3.25. The Kier molecular flexibility index (Phi) is 4.08. The summed E-state index contributed by atoms with van der Waals surface area (Å²) in [6, 6.07) is 3.57. The van der Waals surface area contributed by atoms with Gasteiger partial charge in [0, 0.05) is 17.7 Å². The molecule has 120 valence electrons. The molecule has 0 spiro atoms. The first-order chi connectivity index (χ1) is 10.8. The van der Waals surface area contributed by atoms with Crippen LogP contribution in [0, 0.1) is 17.8 Å². The maximum Gasteiger partial charge on any atom is 0.525 e. The first-order valence-electron chi connectivity index (χ1n) is 7.98. The molecule has 0 N–H and O–H groups in total. The molecule has 1 saturated carbocycles. The number of pyridine rings is 1. The Morgan fingerprint density at radius 1 is 1.30 bits per heavy atom. The van der Waals surface area contributed by atoms with Gasteiger partial charge >= 0.3 is 7.12 Å². The first kappa shape index (κ1) is 16.2. The highest BCUT2D eigenvalue weighted by Gasteiger charge is 2.53. The van der Waals surface area contributed by atoms with Crippen molar-refractivity contribution in [2.75, 3.05) is 0 Å². The van der Waals surface area contributed by atoms with Crippen LogP contribution in [-0.4, -0.2) is 23.3 Å². The van der Waals surface area contributed by atoms with Crippen LogP contribution in [0.5, 0.6) is 0 Å². The van der Waals surface area contributed by atoms with Gasteiger partial charge in [-0.05, 0) is 58.6 Å². The molecule has 1 saturated heterocycles. The van der Waals surface area contributed by atoms with E-state index in [1.807, 2.05) is 27.7 Å². The van der Waals surface area contributed by atoms with Gasteiger partial charge in [0.1, 0.15) is 11.4 Å². The van der Waals surface area contributed by atoms with E-state index in [9.17, 15) is 4.39 Å². The molecule has 3 rings (SSSR count). The molecule has 23 heavy (non-hydrogen) atoms. The summed E-state index contributed by atoms with van der Waals surface area (Å²) in [5, 5.41) is 0. The minimum atomic E-state index is -0.996. The minimum absolute atomic E-state index is 0.467. The zero-order chi connectivity index (χ0) is 16.7. The minimum Gasteiger partial charge on any atom is -0.398 e. The van der Waals surface area contributed by atoms with E-state index < -0.39 is 24.0 Å². The van der Waals surface area contributed by atoms with Crippen molar-refractivity contribution in [3.63, 3.8) is 0 Å². The summed E-state index contributed by atoms with van der Waals surface area (Å²) in [5.74, 6) is 6.68. The van der Waals surface area contributed by atoms with E-state index >= 15 is 0 Å². The third kappa shape index (κ3) is 3.49. The Morgan fingerprint density at radius 2 is 1.96 bits per heavy atom. The molecule has 0 unspecified atom stereocenters. The van der Waals surface area contributed by atoms with Crippen molar-refractivity contribution in [3.05, 3.63) is 35.3 Å². The van der Waals surface area contributed by atoms with E-state index in [1.165, 1.54) is 6.08 Å². The van der Waals surface area contributed by atoms with Crippen molar-refractivity contribution >= 4 is 13.2 Å². The van der Waals surface area contributed by atoms with Crippen LogP contribution in [0.25, 0.3) is 6.08 Å². The van der Waals surface area contributed by atoms with Gasteiger partial charge < -0.3 is 9.31 Å². The molecule has 1 aromatic rings. The van der Waals surface area contributed by atoms with E-state index in [1.54, 1.807) is 18.3 Å². The number of aromatic nitrogens is 1. The second-order valence-corrected chi connectivity index (χ2v) is 7.10. The second-order valence-electron chi connectivity index (χ2n) is 7.10. The predicted octanol–water partition coefficient (Wildman–Crippen LogP) is 3.78. The summed E-state index contributed by atoms with van der Waals surface area (Å²) >= 11 is 0. The third-order valence-corrected chi connectivity index (χ3v) is 4.58. The van der Waals surface area contributed by atoms with Crippen LogP contribution in [0.3, 0.4) is 0 Å². The van der Waals surface area contributed by atoms with E-state index in [4.69, 9.17) is 9.31 Å². The van der Waals surface area contributed by atoms with Crippen LogP contribution in [0.2, 0.25) is 0 Å². The van der Waals surface area contributed by atoms with Gasteiger partial charge in [0.2, 0.25) is 0 Å². The largest absolute Gasteiger partial charge is 0.525 e. The Balaban J connectivity index is 1.83. The van der Waals surface area contributed by atoms with Gasteiger partial charge in [-0.1, -0.05) is 12.0 Å². The van der Waals surface area contributed by atoms with Crippen LogP contribution in [0.1, 0.15) is 51.8 Å². The molecule has 3 nitrogen and oxygen atoms in total. The predicted molar refractivity (Wildman–Crippen MR) is 89.0 cm³/mol. The molecule has 0 aromatic carbocycles. The fourth-order valence-corrected chi connectivity index (χ4v) is 2.21. The monoisotopic (exact) mass is 313 g/mol. The zero-order valence-corrected chi connectivity index (χ0v) is 14.0. The number of halogens is 1. The van der Waals surface area contributed by atoms with Crippen molar-refractivity contribution in [1.29, 1.82) is 0 Å². The number of nitrogens with zero attached hydrogens (tertiary/aromatic N) is 1. The van der Waals surface area contributed by atoms with Gasteiger partial charge in [-0.2, -0.15) is 0 Å². The van der Waals surface area contributed by atoms with Crippen LogP contribution in [0.15, 0.2) is 24.1 Å². The molecule has 2 heterocycles. The molecule has 2 fully saturated rings. The van der Waals surface area contributed by atoms with Crippen LogP contribution in [0.4, 0.5) is 4.39 Å². The summed E-state index contributed by atoms with van der Waals surface area (Å²) < 4.78 is 26.1. The van der Waals surface area contributed by atoms with Crippen molar-refractivity contribution in [1.82, 2.24) is 4.98 Å². The normalized spacial score (nSPS) is 22.7. The lowest BCUT2D eigenvalue weighted by atomic mass is 9.86. The van der Waals surface area contributed by atoms with Crippen LogP contribution < -0.4 is 0 Å². The second kappa shape index (κ2) is 5.77. The molecule has 0 amide bonds. The third-order valence-electron chi connectivity index (χ3n) is 4.58. The van der Waals surface area contributed by atoms with Crippen LogP contribution in [-0.2, 0) is 9.31 Å². The smallest absolute Gasteiger partial charge is 0.398 e. The highest BCUT2D eigenvalue weighted by molar-refractivity contribution is 6.54. The van der Waals surface area contributed by atoms with Gasteiger partial charge in [0.05, 0.1) is 11.2 Å². The highest BCUT2D eigenvalue weighted by atomic mass is 19.1. The summed E-state index contributed by atoms with van der Waals surface area (Å²) in [4.78, 5) is 4.25. The maximum atomic E-state index is 14.6. The molecule has 0 bridgehead atoms. The molecular formula is C18H21BFNO2. The molecule has 2 aliphatic rings. The first-order valence-corrected chi connectivity index (χ1v) is 7.98. The van der Waals surface area contributed by atoms with Crippen molar-refractivity contribution in [3.8, 4) is 11.8 Å². The fourth-order valence-electron chi connectivity index (χ4n) is 2.21. The summed E-state index contributed by atoms with van der Waals surface area (Å²) in [7, 11) is -0.996. The van der Waals surface area contributed by atoms with Crippen molar-refractivity contribution in [2.24, 2.45) is 5.92 Å². The molecule has 0 radical (unpaired) electrons. The van der Waals surface area contributed by atoms with Crippen LogP contribution >= 0.6 is 0 Å². The molecule has 1 aromatic heterocycles. The van der Waals surface area contributed by atoms with E-state index in [0.717, 1.165) is 12.8 Å². The molecule has 1 aliphatic carbocycles. The summed E-state index contributed by atoms with van der Waals surface area (Å²) in [6.45, 7) is 7.60. The highest BCUT2D eigenvalue weighted by Crippen LogP contribution is 2.39. The van der Waals surface area contributed by atoms with Gasteiger partial charge in [0.25, 0.3) is 0 Å². The quantitative estimate of drug-likeness (QED) is 0.615. The summed E-state index contributed by atoms with van der Waals surface area (Å²) in [5.41, 5.74) is -0.358. The van der Waals surface area contributed by atoms with E-state index in [-0.39, 0.29) is 0 Å². The molecule has 1 aliphatic heterocycles. The van der Waals surface area contributed by atoms with Gasteiger partial charge in [-0.3, -0.25) is 0 Å². The van der Waals surface area contributed by atoms with Gasteiger partial charge in [0.15, 0.2) is 0 Å². The Morgan fingerprint density at radius 3 is 2.57 bits per heavy atom. The van der Waals surface area contributed by atoms with Crippen molar-refractivity contribution < 1.29 is 13.7 Å². The Labute approximate surface area is 137 Å². The molecule has 0 atom stereocenters. The topological polar surface area (TPSA) is 31.4 Å². The standard InChI is InChI=1S/C18H21BFNO2/c1-17(2)18(3,4)23-19(22-17)16(20)12-14-6-5-11-21-15(14)10-9-13-7-8-13/h5-6,11-13H,7-8H2,1-4H3. The molecular weight excluding hydrogens is 292 g/mol. The Hall–Kier alpha value is -1.64. The zero-order valence-electron chi connectivity index (χ0n) is 14.0. The fraction of sp³-hybridized carbons (Fsp3) is 0.500. The van der Waals surface area contributed by atoms with Gasteiger partial charge in [-0.15, -0.1) is 0 Å². The number of hydrogen-bond donors (Lipinski definition) is 0. The lowest BCUT2D eigenvalue weighted by molar-refractivity contribution is 0.00578.